The van der Waals surface area contributed by atoms with Crippen molar-refractivity contribution in [2.24, 2.45) is 0 Å². The Morgan fingerprint density at radius 3 is 3.00 bits per heavy atom. The molecule has 0 amide bonds. The van der Waals surface area contributed by atoms with Crippen molar-refractivity contribution in [3.05, 3.63) is 0 Å². The third kappa shape index (κ3) is 2.48. The monoisotopic (exact) mass is 159 g/mol. The fourth-order valence-electron chi connectivity index (χ4n) is 1.10. The van der Waals surface area contributed by atoms with Crippen LogP contribution < -0.4 is 5.32 Å². The zero-order chi connectivity index (χ0) is 8.32. The second kappa shape index (κ2) is 3.19. The first-order valence-electron chi connectivity index (χ1n) is 3.67. The van der Waals surface area contributed by atoms with E-state index < -0.39 is 5.97 Å². The van der Waals surface area contributed by atoms with Gasteiger partial charge in [0, 0.05) is 12.1 Å². The van der Waals surface area contributed by atoms with Crippen molar-refractivity contribution >= 4 is 5.97 Å². The van der Waals surface area contributed by atoms with Crippen LogP contribution in [-0.2, 0) is 9.53 Å². The third-order valence-electron chi connectivity index (χ3n) is 1.89. The molecule has 4 heteroatoms. The van der Waals surface area contributed by atoms with Crippen LogP contribution in [0.2, 0.25) is 0 Å². The highest BCUT2D eigenvalue weighted by Gasteiger charge is 2.29. The molecule has 2 N–H and O–H groups in total. The van der Waals surface area contributed by atoms with E-state index >= 15 is 0 Å². The minimum atomic E-state index is -0.821. The lowest BCUT2D eigenvalue weighted by atomic mass is 10.0. The van der Waals surface area contributed by atoms with Crippen molar-refractivity contribution in [1.82, 2.24) is 5.32 Å². The molecule has 1 heterocycles. The quantitative estimate of drug-likeness (QED) is 0.600. The Kier molecular flexibility index (Phi) is 2.46. The van der Waals surface area contributed by atoms with Crippen LogP contribution in [0.1, 0.15) is 13.3 Å². The lowest BCUT2D eigenvalue weighted by molar-refractivity contribution is -0.136. The van der Waals surface area contributed by atoms with E-state index in [-0.39, 0.29) is 12.1 Å². The fourth-order valence-corrected chi connectivity index (χ4v) is 1.10. The summed E-state index contributed by atoms with van der Waals surface area (Å²) in [7, 11) is 0. The van der Waals surface area contributed by atoms with Gasteiger partial charge >= 0.3 is 5.97 Å². The van der Waals surface area contributed by atoms with Crippen molar-refractivity contribution in [1.29, 1.82) is 0 Å². The van der Waals surface area contributed by atoms with Gasteiger partial charge in [0.2, 0.25) is 0 Å². The summed E-state index contributed by atoms with van der Waals surface area (Å²) in [4.78, 5) is 10.2. The Bertz CT molecular complexity index is 152. The number of aliphatic carboxylic acids is 1. The summed E-state index contributed by atoms with van der Waals surface area (Å²) in [5.41, 5.74) is -0.127. The molecule has 0 bridgehead atoms. The van der Waals surface area contributed by atoms with Crippen LogP contribution in [0, 0.1) is 0 Å². The number of nitrogens with one attached hydrogen (secondary N) is 1. The van der Waals surface area contributed by atoms with Gasteiger partial charge in [-0.3, -0.25) is 10.1 Å². The Hall–Kier alpha value is -0.610. The molecule has 1 atom stereocenters. The van der Waals surface area contributed by atoms with Crippen molar-refractivity contribution in [2.75, 3.05) is 19.8 Å². The lowest BCUT2D eigenvalue weighted by Gasteiger charge is -2.21. The van der Waals surface area contributed by atoms with Crippen LogP contribution in [-0.4, -0.2) is 36.4 Å². The summed E-state index contributed by atoms with van der Waals surface area (Å²) in [5, 5.41) is 11.3. The van der Waals surface area contributed by atoms with Gasteiger partial charge in [0.15, 0.2) is 0 Å². The predicted octanol–water partition coefficient (Wildman–Crippen LogP) is -0.160. The number of hydrogen-bond donors (Lipinski definition) is 2. The summed E-state index contributed by atoms with van der Waals surface area (Å²) in [6.07, 6.45) is 0.889. The van der Waals surface area contributed by atoms with Gasteiger partial charge in [-0.1, -0.05) is 0 Å². The molecule has 1 rings (SSSR count). The van der Waals surface area contributed by atoms with Crippen LogP contribution in [0.3, 0.4) is 0 Å². The average molecular weight is 159 g/mol. The molecule has 0 aromatic heterocycles. The van der Waals surface area contributed by atoms with Crippen LogP contribution in [0.25, 0.3) is 0 Å². The minimum absolute atomic E-state index is 0.0137. The van der Waals surface area contributed by atoms with Gasteiger partial charge in [0.05, 0.1) is 13.2 Å². The first-order valence-corrected chi connectivity index (χ1v) is 3.67. The molecular formula is C7H13NO3. The summed E-state index contributed by atoms with van der Waals surface area (Å²) < 4.78 is 5.14. The predicted molar refractivity (Wildman–Crippen MR) is 39.5 cm³/mol. The molecule has 4 nitrogen and oxygen atoms in total. The Morgan fingerprint density at radius 2 is 2.55 bits per heavy atom. The number of carbonyl (C=O) groups is 1. The van der Waals surface area contributed by atoms with Gasteiger partial charge in [-0.15, -0.1) is 0 Å². The van der Waals surface area contributed by atoms with Gasteiger partial charge in [0.25, 0.3) is 0 Å². The van der Waals surface area contributed by atoms with Crippen molar-refractivity contribution in [2.45, 2.75) is 18.9 Å². The maximum Gasteiger partial charge on any atom is 0.317 e. The second-order valence-electron chi connectivity index (χ2n) is 3.11. The molecule has 0 saturated carbocycles. The number of rotatable bonds is 3. The van der Waals surface area contributed by atoms with Crippen molar-refractivity contribution in [3.8, 4) is 0 Å². The summed E-state index contributed by atoms with van der Waals surface area (Å²) in [6.45, 7) is 3.33. The Balaban J connectivity index is 2.28. The van der Waals surface area contributed by atoms with E-state index in [0.29, 0.717) is 6.61 Å². The van der Waals surface area contributed by atoms with Gasteiger partial charge in [0.1, 0.15) is 0 Å². The van der Waals surface area contributed by atoms with E-state index in [1.807, 2.05) is 6.92 Å². The maximum absolute atomic E-state index is 10.2. The topological polar surface area (TPSA) is 58.6 Å². The third-order valence-corrected chi connectivity index (χ3v) is 1.89. The van der Waals surface area contributed by atoms with E-state index in [9.17, 15) is 4.79 Å². The van der Waals surface area contributed by atoms with Gasteiger partial charge in [-0.05, 0) is 13.3 Å². The van der Waals surface area contributed by atoms with Crippen LogP contribution in [0.4, 0.5) is 0 Å². The first kappa shape index (κ1) is 8.49. The minimum Gasteiger partial charge on any atom is -0.480 e. The highest BCUT2D eigenvalue weighted by Crippen LogP contribution is 2.16. The zero-order valence-electron chi connectivity index (χ0n) is 6.59. The highest BCUT2D eigenvalue weighted by atomic mass is 16.5. The molecule has 0 radical (unpaired) electrons. The van der Waals surface area contributed by atoms with E-state index in [0.717, 1.165) is 13.0 Å². The molecule has 1 saturated heterocycles. The summed E-state index contributed by atoms with van der Waals surface area (Å²) in [5.74, 6) is -0.821. The van der Waals surface area contributed by atoms with Gasteiger partial charge in [-0.25, -0.2) is 0 Å². The van der Waals surface area contributed by atoms with E-state index in [1.165, 1.54) is 0 Å². The molecule has 1 unspecified atom stereocenters. The largest absolute Gasteiger partial charge is 0.480 e. The zero-order valence-corrected chi connectivity index (χ0v) is 6.59. The summed E-state index contributed by atoms with van der Waals surface area (Å²) >= 11 is 0. The molecule has 1 fully saturated rings. The van der Waals surface area contributed by atoms with Crippen molar-refractivity contribution in [3.63, 3.8) is 0 Å². The molecule has 1 aliphatic rings. The SMILES string of the molecule is CC1(NCC(=O)O)CCOC1. The fraction of sp³-hybridized carbons (Fsp3) is 0.857. The van der Waals surface area contributed by atoms with Gasteiger partial charge in [-0.2, -0.15) is 0 Å². The molecule has 0 aliphatic carbocycles. The van der Waals surface area contributed by atoms with Crippen LogP contribution in [0.15, 0.2) is 0 Å². The summed E-state index contributed by atoms with van der Waals surface area (Å²) in [6, 6.07) is 0. The van der Waals surface area contributed by atoms with Gasteiger partial charge < -0.3 is 9.84 Å². The second-order valence-corrected chi connectivity index (χ2v) is 3.11. The molecule has 0 spiro atoms. The number of hydrogen-bond acceptors (Lipinski definition) is 3. The molecule has 1 aliphatic heterocycles. The first-order chi connectivity index (χ1) is 5.12. The van der Waals surface area contributed by atoms with Crippen LogP contribution in [0.5, 0.6) is 0 Å². The number of carboxylic acid groups (broad SMARTS) is 1. The van der Waals surface area contributed by atoms with Crippen molar-refractivity contribution < 1.29 is 14.6 Å². The Labute approximate surface area is 65.5 Å². The molecule has 0 aromatic carbocycles. The Morgan fingerprint density at radius 1 is 1.82 bits per heavy atom. The lowest BCUT2D eigenvalue weighted by Crippen LogP contribution is -2.45. The smallest absolute Gasteiger partial charge is 0.317 e. The van der Waals surface area contributed by atoms with Crippen LogP contribution >= 0.6 is 0 Å². The molecule has 0 aromatic rings. The van der Waals surface area contributed by atoms with E-state index in [1.54, 1.807) is 0 Å². The maximum atomic E-state index is 10.2. The normalized spacial score (nSPS) is 30.6. The molecular weight excluding hydrogens is 146 g/mol. The van der Waals surface area contributed by atoms with E-state index in [4.69, 9.17) is 9.84 Å². The highest BCUT2D eigenvalue weighted by molar-refractivity contribution is 5.69. The number of ether oxygens (including phenoxy) is 1. The average Bonchev–Trinajstić information content (AvgIpc) is 2.33. The van der Waals surface area contributed by atoms with E-state index in [2.05, 4.69) is 5.32 Å². The molecule has 11 heavy (non-hydrogen) atoms. The standard InChI is InChI=1S/C7H13NO3/c1-7(2-3-11-5-7)8-4-6(9)10/h8H,2-5H2,1H3,(H,9,10). The molecule has 64 valence electrons. The number of carboxylic acids is 1.